The lowest BCUT2D eigenvalue weighted by atomic mass is 9.87. The average Bonchev–Trinajstić information content (AvgIpc) is 3.50. The molecule has 0 radical (unpaired) electrons. The van der Waals surface area contributed by atoms with Gasteiger partial charge < -0.3 is 9.47 Å². The fraction of sp³-hybridized carbons (Fsp3) is 0.269. The predicted octanol–water partition coefficient (Wildman–Crippen LogP) is 5.51. The van der Waals surface area contributed by atoms with Crippen molar-refractivity contribution in [2.75, 3.05) is 20.9 Å². The van der Waals surface area contributed by atoms with E-state index in [1.54, 1.807) is 26.2 Å². The van der Waals surface area contributed by atoms with E-state index in [4.69, 9.17) is 9.47 Å². The third-order valence-electron chi connectivity index (χ3n) is 6.51. The first kappa shape index (κ1) is 22.0. The van der Waals surface area contributed by atoms with Gasteiger partial charge in [0.25, 0.3) is 0 Å². The van der Waals surface area contributed by atoms with Crippen molar-refractivity contribution in [2.24, 2.45) is 0 Å². The van der Waals surface area contributed by atoms with Gasteiger partial charge in [-0.25, -0.2) is 4.31 Å². The van der Waals surface area contributed by atoms with Crippen molar-refractivity contribution in [3.05, 3.63) is 77.9 Å². The van der Waals surface area contributed by atoms with Crippen molar-refractivity contribution in [1.82, 2.24) is 4.31 Å². The minimum absolute atomic E-state index is 0.216. The highest BCUT2D eigenvalue weighted by atomic mass is 32.3. The Bertz CT molecular complexity index is 1200. The molecule has 7 heteroatoms. The number of hydrogen-bond acceptors (Lipinski definition) is 6. The van der Waals surface area contributed by atoms with Crippen molar-refractivity contribution in [1.29, 1.82) is 0 Å². The molecule has 172 valence electrons. The van der Waals surface area contributed by atoms with Crippen molar-refractivity contribution >= 4 is 16.6 Å². The lowest BCUT2D eigenvalue weighted by Crippen LogP contribution is -2.22. The molecule has 0 saturated heterocycles. The Hall–Kier alpha value is -2.84. The van der Waals surface area contributed by atoms with Crippen LogP contribution in [0.25, 0.3) is 11.1 Å². The second-order valence-electron chi connectivity index (χ2n) is 8.81. The molecule has 0 aromatic heterocycles. The van der Waals surface area contributed by atoms with Crippen LogP contribution < -0.4 is 9.47 Å². The number of nitrogens with zero attached hydrogens (tertiary/aromatic N) is 1. The van der Waals surface area contributed by atoms with E-state index in [1.807, 2.05) is 54.6 Å². The van der Waals surface area contributed by atoms with Gasteiger partial charge in [-0.1, -0.05) is 42.5 Å². The quantitative estimate of drug-likeness (QED) is 0.479. The highest BCUT2D eigenvalue weighted by molar-refractivity contribution is 8.22. The number of rotatable bonds is 7. The molecule has 3 aromatic rings. The largest absolute Gasteiger partial charge is 0.454 e. The molecule has 2 aliphatic rings. The van der Waals surface area contributed by atoms with Gasteiger partial charge in [-0.3, -0.25) is 13.9 Å². The van der Waals surface area contributed by atoms with E-state index in [0.29, 0.717) is 17.1 Å². The Kier molecular flexibility index (Phi) is 5.45. The summed E-state index contributed by atoms with van der Waals surface area (Å²) in [6.45, 7) is 0.224. The van der Waals surface area contributed by atoms with Gasteiger partial charge in [0.1, 0.15) is 5.78 Å². The molecular formula is C26H27NO5S. The van der Waals surface area contributed by atoms with Crippen LogP contribution in [0.4, 0.5) is 0 Å². The van der Waals surface area contributed by atoms with E-state index in [1.165, 1.54) is 4.31 Å². The van der Waals surface area contributed by atoms with Crippen LogP contribution in [0.2, 0.25) is 0 Å². The van der Waals surface area contributed by atoms with Crippen LogP contribution in [0.15, 0.2) is 71.6 Å². The van der Waals surface area contributed by atoms with E-state index < -0.39 is 16.2 Å². The van der Waals surface area contributed by atoms with E-state index in [0.717, 1.165) is 40.8 Å². The van der Waals surface area contributed by atoms with Crippen LogP contribution in [0, 0.1) is 0 Å². The molecule has 1 saturated carbocycles. The molecule has 1 aliphatic carbocycles. The molecule has 1 aliphatic heterocycles. The Morgan fingerprint density at radius 3 is 2.36 bits per heavy atom. The fourth-order valence-corrected chi connectivity index (χ4v) is 5.23. The molecule has 2 N–H and O–H groups in total. The molecular weight excluding hydrogens is 438 g/mol. The summed E-state index contributed by atoms with van der Waals surface area (Å²) in [4.78, 5) is 13.8. The maximum atomic E-state index is 13.3. The van der Waals surface area contributed by atoms with Gasteiger partial charge in [-0.05, 0) is 59.4 Å². The SMILES string of the molecule is CN(C)S(O)(O)c1ccc(-c2cccc(CC(=O)C3(c4ccc5c(c4)OCO5)CC3)c2)cc1. The molecule has 33 heavy (non-hydrogen) atoms. The molecule has 3 aromatic carbocycles. The summed E-state index contributed by atoms with van der Waals surface area (Å²) in [5.41, 5.74) is 3.48. The molecule has 6 nitrogen and oxygen atoms in total. The van der Waals surface area contributed by atoms with Crippen molar-refractivity contribution in [3.8, 4) is 22.6 Å². The third-order valence-corrected chi connectivity index (χ3v) is 8.44. The van der Waals surface area contributed by atoms with Gasteiger partial charge >= 0.3 is 0 Å². The highest BCUT2D eigenvalue weighted by Crippen LogP contribution is 2.52. The van der Waals surface area contributed by atoms with Crippen LogP contribution in [0.5, 0.6) is 11.5 Å². The summed E-state index contributed by atoms with van der Waals surface area (Å²) in [7, 11) is 0.310. The molecule has 0 unspecified atom stereocenters. The first-order chi connectivity index (χ1) is 15.8. The normalized spacial score (nSPS) is 16.6. The van der Waals surface area contributed by atoms with Gasteiger partial charge in [0.15, 0.2) is 11.5 Å². The molecule has 1 fully saturated rings. The lowest BCUT2D eigenvalue weighted by molar-refractivity contribution is -0.120. The summed E-state index contributed by atoms with van der Waals surface area (Å²) in [5, 5.41) is 0. The van der Waals surface area contributed by atoms with Crippen LogP contribution in [0.3, 0.4) is 0 Å². The minimum atomic E-state index is -2.97. The summed E-state index contributed by atoms with van der Waals surface area (Å²) in [6.07, 6.45) is 2.07. The molecule has 5 rings (SSSR count). The Balaban J connectivity index is 1.34. The second kappa shape index (κ2) is 8.18. The summed E-state index contributed by atoms with van der Waals surface area (Å²) in [5.74, 6) is 1.66. The zero-order chi connectivity index (χ0) is 23.2. The Labute approximate surface area is 195 Å². The summed E-state index contributed by atoms with van der Waals surface area (Å²) >= 11 is 0. The van der Waals surface area contributed by atoms with E-state index in [9.17, 15) is 13.9 Å². The standard InChI is InChI=1S/C26H27NO5S/c1-27(2)33(29,30)22-9-6-19(7-10-22)20-5-3-4-18(14-20)15-25(28)26(12-13-26)21-8-11-23-24(16-21)32-17-31-23/h3-11,14,16,29-30H,12-13,15,17H2,1-2H3. The average molecular weight is 466 g/mol. The zero-order valence-corrected chi connectivity index (χ0v) is 19.5. The first-order valence-corrected chi connectivity index (χ1v) is 12.4. The maximum Gasteiger partial charge on any atom is 0.231 e. The number of hydrogen-bond donors (Lipinski definition) is 2. The molecule has 0 atom stereocenters. The van der Waals surface area contributed by atoms with Gasteiger partial charge in [0.05, 0.1) is 10.3 Å². The number of carbonyl (C=O) groups is 1. The number of Topliss-reactive ketones (excluding diaryl/α,β-unsaturated/α-hetero) is 1. The van der Waals surface area contributed by atoms with Crippen molar-refractivity contribution in [3.63, 3.8) is 0 Å². The van der Waals surface area contributed by atoms with Crippen LogP contribution in [0.1, 0.15) is 24.0 Å². The summed E-state index contributed by atoms with van der Waals surface area (Å²) < 4.78 is 32.9. The number of ether oxygens (including phenoxy) is 2. The van der Waals surface area contributed by atoms with Crippen LogP contribution >= 0.6 is 10.8 Å². The van der Waals surface area contributed by atoms with Crippen LogP contribution in [-0.4, -0.2) is 40.1 Å². The zero-order valence-electron chi connectivity index (χ0n) is 18.7. The smallest absolute Gasteiger partial charge is 0.231 e. The number of ketones is 1. The predicted molar refractivity (Wildman–Crippen MR) is 129 cm³/mol. The van der Waals surface area contributed by atoms with Gasteiger partial charge in [0.2, 0.25) is 6.79 Å². The highest BCUT2D eigenvalue weighted by Gasteiger charge is 2.50. The van der Waals surface area contributed by atoms with Crippen LogP contribution in [-0.2, 0) is 16.6 Å². The second-order valence-corrected chi connectivity index (χ2v) is 11.0. The fourth-order valence-electron chi connectivity index (χ4n) is 4.30. The molecule has 0 bridgehead atoms. The number of carbonyl (C=O) groups excluding carboxylic acids is 1. The van der Waals surface area contributed by atoms with Crippen molar-refractivity contribution < 1.29 is 23.4 Å². The maximum absolute atomic E-state index is 13.3. The van der Waals surface area contributed by atoms with E-state index in [-0.39, 0.29) is 12.6 Å². The lowest BCUT2D eigenvalue weighted by Gasteiger charge is -2.38. The molecule has 0 spiro atoms. The van der Waals surface area contributed by atoms with Gasteiger partial charge in [-0.15, -0.1) is 10.8 Å². The Morgan fingerprint density at radius 1 is 0.939 bits per heavy atom. The number of fused-ring (bicyclic) bond motifs is 1. The van der Waals surface area contributed by atoms with Gasteiger partial charge in [0, 0.05) is 20.5 Å². The molecule has 1 heterocycles. The molecule has 0 amide bonds. The van der Waals surface area contributed by atoms with E-state index in [2.05, 4.69) is 0 Å². The van der Waals surface area contributed by atoms with Gasteiger partial charge in [-0.2, -0.15) is 0 Å². The number of benzene rings is 3. The monoisotopic (exact) mass is 465 g/mol. The van der Waals surface area contributed by atoms with E-state index >= 15 is 0 Å². The minimum Gasteiger partial charge on any atom is -0.454 e. The summed E-state index contributed by atoms with van der Waals surface area (Å²) in [6, 6.07) is 21.0. The Morgan fingerprint density at radius 2 is 1.67 bits per heavy atom. The topological polar surface area (TPSA) is 79.2 Å². The third kappa shape index (κ3) is 4.02. The first-order valence-electron chi connectivity index (χ1n) is 10.9. The van der Waals surface area contributed by atoms with Crippen molar-refractivity contribution in [2.45, 2.75) is 29.6 Å².